The molecule has 0 aliphatic carbocycles. The summed E-state index contributed by atoms with van der Waals surface area (Å²) >= 11 is 0. The van der Waals surface area contributed by atoms with Crippen molar-refractivity contribution in [2.75, 3.05) is 0 Å². The molecule has 0 N–H and O–H groups in total. The molecule has 1 unspecified atom stereocenters. The van der Waals surface area contributed by atoms with E-state index in [-0.39, 0.29) is 11.9 Å². The van der Waals surface area contributed by atoms with Crippen molar-refractivity contribution in [3.05, 3.63) is 60.3 Å². The number of fused-ring (bicyclic) bond motifs is 1. The van der Waals surface area contributed by atoms with Crippen molar-refractivity contribution in [2.45, 2.75) is 19.4 Å². The third-order valence-corrected chi connectivity index (χ3v) is 3.90. The van der Waals surface area contributed by atoms with Crippen LogP contribution in [-0.4, -0.2) is 16.1 Å². The number of aromatic nitrogens is 2. The van der Waals surface area contributed by atoms with Gasteiger partial charge in [0, 0.05) is 12.4 Å². The summed E-state index contributed by atoms with van der Waals surface area (Å²) in [5.74, 6) is 0.131. The second-order valence-corrected chi connectivity index (χ2v) is 5.77. The van der Waals surface area contributed by atoms with Crippen LogP contribution in [-0.2, 0) is 7.05 Å². The topological polar surface area (TPSA) is 36.3 Å². The molecule has 0 radical (unpaired) electrons. The van der Waals surface area contributed by atoms with Gasteiger partial charge in [0.25, 0.3) is 0 Å². The zero-order valence-corrected chi connectivity index (χ0v) is 14.2. The molecule has 3 aromatic rings. The molecule has 0 amide bonds. The van der Waals surface area contributed by atoms with Crippen molar-refractivity contribution < 1.29 is 22.6 Å². The highest BCUT2D eigenvalue weighted by Gasteiger charge is 2.31. The lowest BCUT2D eigenvalue weighted by molar-refractivity contribution is -0.274. The van der Waals surface area contributed by atoms with Gasteiger partial charge in [0.1, 0.15) is 23.3 Å². The Morgan fingerprint density at radius 1 is 1.12 bits per heavy atom. The van der Waals surface area contributed by atoms with Gasteiger partial charge in [0.2, 0.25) is 0 Å². The molecule has 1 heterocycles. The summed E-state index contributed by atoms with van der Waals surface area (Å²) in [5.41, 5.74) is 2.68. The molecule has 0 aliphatic heterocycles. The average Bonchev–Trinajstić information content (AvgIpc) is 2.92. The van der Waals surface area contributed by atoms with E-state index in [0.29, 0.717) is 5.75 Å². The molecule has 0 bridgehead atoms. The normalized spacial score (nSPS) is 12.8. The average molecular weight is 362 g/mol. The van der Waals surface area contributed by atoms with E-state index >= 15 is 0 Å². The molecular formula is C19H17F3N2O2. The summed E-state index contributed by atoms with van der Waals surface area (Å²) in [6.45, 7) is 5.60. The highest BCUT2D eigenvalue weighted by molar-refractivity contribution is 5.84. The first-order valence-electron chi connectivity index (χ1n) is 7.88. The first kappa shape index (κ1) is 17.8. The molecule has 0 saturated heterocycles. The maximum absolute atomic E-state index is 12.2. The van der Waals surface area contributed by atoms with Crippen molar-refractivity contribution in [1.82, 2.24) is 9.78 Å². The lowest BCUT2D eigenvalue weighted by Crippen LogP contribution is -2.17. The van der Waals surface area contributed by atoms with Gasteiger partial charge in [0.15, 0.2) is 0 Å². The third kappa shape index (κ3) is 3.82. The number of hydrogen-bond donors (Lipinski definition) is 0. The number of alkyl halides is 3. The third-order valence-electron chi connectivity index (χ3n) is 3.90. The van der Waals surface area contributed by atoms with Crippen LogP contribution in [0.25, 0.3) is 17.0 Å². The van der Waals surface area contributed by atoms with Gasteiger partial charge in [-0.1, -0.05) is 24.8 Å². The molecule has 1 aromatic heterocycles. The predicted octanol–water partition coefficient (Wildman–Crippen LogP) is 5.25. The first-order valence-corrected chi connectivity index (χ1v) is 7.88. The molecule has 1 atom stereocenters. The van der Waals surface area contributed by atoms with Crippen LogP contribution in [0.15, 0.2) is 49.0 Å². The second kappa shape index (κ2) is 6.74. The zero-order valence-electron chi connectivity index (χ0n) is 14.2. The van der Waals surface area contributed by atoms with Gasteiger partial charge in [-0.25, -0.2) is 0 Å². The Bertz CT molecular complexity index is 930. The quantitative estimate of drug-likeness (QED) is 0.622. The fraction of sp³-hybridized carbons (Fsp3) is 0.211. The van der Waals surface area contributed by atoms with Gasteiger partial charge >= 0.3 is 6.36 Å². The highest BCUT2D eigenvalue weighted by Crippen LogP contribution is 2.30. The SMILES string of the molecule is C=Cc1ccc2c(C(C)Oc3ccc(OC(F)(F)F)cc3)nn(C)c2c1. The van der Waals surface area contributed by atoms with Gasteiger partial charge in [-0.3, -0.25) is 4.68 Å². The maximum Gasteiger partial charge on any atom is 0.573 e. The number of nitrogens with zero attached hydrogens (tertiary/aromatic N) is 2. The van der Waals surface area contributed by atoms with Crippen molar-refractivity contribution in [2.24, 2.45) is 7.05 Å². The van der Waals surface area contributed by atoms with E-state index in [1.807, 2.05) is 32.2 Å². The maximum atomic E-state index is 12.2. The molecular weight excluding hydrogens is 345 g/mol. The number of halogens is 3. The molecule has 0 saturated carbocycles. The van der Waals surface area contributed by atoms with Crippen molar-refractivity contribution in [1.29, 1.82) is 0 Å². The van der Waals surface area contributed by atoms with Crippen molar-refractivity contribution in [3.63, 3.8) is 0 Å². The van der Waals surface area contributed by atoms with E-state index < -0.39 is 6.36 Å². The Hall–Kier alpha value is -2.96. The predicted molar refractivity (Wildman–Crippen MR) is 93.0 cm³/mol. The van der Waals surface area contributed by atoms with Gasteiger partial charge < -0.3 is 9.47 Å². The number of hydrogen-bond acceptors (Lipinski definition) is 3. The van der Waals surface area contributed by atoms with Crippen LogP contribution < -0.4 is 9.47 Å². The Labute approximate surface area is 148 Å². The Morgan fingerprint density at radius 3 is 2.38 bits per heavy atom. The fourth-order valence-electron chi connectivity index (χ4n) is 2.71. The summed E-state index contributed by atoms with van der Waals surface area (Å²) in [6, 6.07) is 11.2. The minimum Gasteiger partial charge on any atom is -0.484 e. The number of benzene rings is 2. The molecule has 4 nitrogen and oxygen atoms in total. The van der Waals surface area contributed by atoms with E-state index in [1.54, 1.807) is 10.8 Å². The molecule has 0 fully saturated rings. The molecule has 26 heavy (non-hydrogen) atoms. The number of aryl methyl sites for hydroxylation is 1. The summed E-state index contributed by atoms with van der Waals surface area (Å²) in [5, 5.41) is 5.46. The van der Waals surface area contributed by atoms with E-state index in [0.717, 1.165) is 22.2 Å². The van der Waals surface area contributed by atoms with Crippen LogP contribution in [0.5, 0.6) is 11.5 Å². The van der Waals surface area contributed by atoms with Crippen LogP contribution >= 0.6 is 0 Å². The highest BCUT2D eigenvalue weighted by atomic mass is 19.4. The summed E-state index contributed by atoms with van der Waals surface area (Å²) in [4.78, 5) is 0. The molecule has 136 valence electrons. The Kier molecular flexibility index (Phi) is 4.63. The molecule has 0 spiro atoms. The fourth-order valence-corrected chi connectivity index (χ4v) is 2.71. The zero-order chi connectivity index (χ0) is 18.9. The standard InChI is InChI=1S/C19H17F3N2O2/c1-4-13-5-10-16-17(11-13)24(3)23-18(16)12(2)25-14-6-8-15(9-7-14)26-19(20,21)22/h4-12H,1H2,2-3H3. The van der Waals surface area contributed by atoms with Gasteiger partial charge in [-0.05, 0) is 42.8 Å². The van der Waals surface area contributed by atoms with E-state index in [4.69, 9.17) is 4.74 Å². The van der Waals surface area contributed by atoms with Crippen molar-refractivity contribution >= 4 is 17.0 Å². The van der Waals surface area contributed by atoms with E-state index in [1.165, 1.54) is 24.3 Å². The Morgan fingerprint density at radius 2 is 1.77 bits per heavy atom. The second-order valence-electron chi connectivity index (χ2n) is 5.77. The van der Waals surface area contributed by atoms with Gasteiger partial charge in [-0.2, -0.15) is 5.10 Å². The van der Waals surface area contributed by atoms with Crippen LogP contribution in [0, 0.1) is 0 Å². The molecule has 2 aromatic carbocycles. The van der Waals surface area contributed by atoms with Gasteiger partial charge in [-0.15, -0.1) is 13.2 Å². The smallest absolute Gasteiger partial charge is 0.484 e. The lowest BCUT2D eigenvalue weighted by Gasteiger charge is -2.14. The molecule has 7 heteroatoms. The van der Waals surface area contributed by atoms with E-state index in [2.05, 4.69) is 16.4 Å². The molecule has 0 aliphatic rings. The van der Waals surface area contributed by atoms with Crippen LogP contribution in [0.3, 0.4) is 0 Å². The Balaban J connectivity index is 1.81. The van der Waals surface area contributed by atoms with Crippen molar-refractivity contribution in [3.8, 4) is 11.5 Å². The largest absolute Gasteiger partial charge is 0.573 e. The van der Waals surface area contributed by atoms with Gasteiger partial charge in [0.05, 0.1) is 5.52 Å². The monoisotopic (exact) mass is 362 g/mol. The first-order chi connectivity index (χ1) is 12.3. The van der Waals surface area contributed by atoms with Crippen LogP contribution in [0.1, 0.15) is 24.3 Å². The van der Waals surface area contributed by atoms with E-state index in [9.17, 15) is 13.2 Å². The lowest BCUT2D eigenvalue weighted by atomic mass is 10.1. The minimum absolute atomic E-state index is 0.294. The molecule has 3 rings (SSSR count). The summed E-state index contributed by atoms with van der Waals surface area (Å²) in [7, 11) is 1.84. The van der Waals surface area contributed by atoms with Crippen LogP contribution in [0.2, 0.25) is 0 Å². The summed E-state index contributed by atoms with van der Waals surface area (Å²) in [6.07, 6.45) is -3.34. The number of ether oxygens (including phenoxy) is 2. The number of rotatable bonds is 5. The summed E-state index contributed by atoms with van der Waals surface area (Å²) < 4.78 is 48.1. The minimum atomic E-state index is -4.72. The van der Waals surface area contributed by atoms with Crippen LogP contribution in [0.4, 0.5) is 13.2 Å².